The first-order chi connectivity index (χ1) is 10.7. The molecule has 0 aliphatic rings. The van der Waals surface area contributed by atoms with Crippen molar-refractivity contribution in [2.45, 2.75) is 11.7 Å². The molecule has 0 radical (unpaired) electrons. The molecule has 0 saturated carbocycles. The number of hydrogen-bond donors (Lipinski definition) is 0. The molecular formula is C15H14N4OS2. The zero-order valence-corrected chi connectivity index (χ0v) is 13.6. The monoisotopic (exact) mass is 330 g/mol. The van der Waals surface area contributed by atoms with E-state index >= 15 is 0 Å². The molecule has 0 bridgehead atoms. The molecule has 1 aromatic carbocycles. The van der Waals surface area contributed by atoms with E-state index in [2.05, 4.69) is 15.0 Å². The third-order valence-corrected chi connectivity index (χ3v) is 4.88. The number of carbonyl (C=O) groups is 1. The Bertz CT molecular complexity index is 742. The van der Waals surface area contributed by atoms with E-state index in [0.29, 0.717) is 17.5 Å². The molecule has 7 heteroatoms. The predicted molar refractivity (Wildman–Crippen MR) is 88.9 cm³/mol. The highest BCUT2D eigenvalue weighted by atomic mass is 32.2. The molecule has 0 saturated heterocycles. The summed E-state index contributed by atoms with van der Waals surface area (Å²) in [5.74, 6) is 0.363. The number of rotatable bonds is 5. The third kappa shape index (κ3) is 3.61. The summed E-state index contributed by atoms with van der Waals surface area (Å²) >= 11 is 2.96. The lowest BCUT2D eigenvalue weighted by molar-refractivity contribution is -0.127. The number of benzene rings is 1. The standard InChI is InChI=1S/C15H14N4OS2/c1-19(14(20)10-21-15-16-7-4-8-17-15)9-13-18-11-5-2-3-6-12(11)22-13/h2-8H,9-10H2,1H3. The van der Waals surface area contributed by atoms with Gasteiger partial charge < -0.3 is 4.90 Å². The van der Waals surface area contributed by atoms with Crippen LogP contribution < -0.4 is 0 Å². The van der Waals surface area contributed by atoms with Gasteiger partial charge in [0.1, 0.15) is 5.01 Å². The Kier molecular flexibility index (Phi) is 4.65. The quantitative estimate of drug-likeness (QED) is 0.532. The molecule has 22 heavy (non-hydrogen) atoms. The van der Waals surface area contributed by atoms with Gasteiger partial charge in [-0.3, -0.25) is 4.79 Å². The van der Waals surface area contributed by atoms with Crippen molar-refractivity contribution in [1.82, 2.24) is 19.9 Å². The van der Waals surface area contributed by atoms with E-state index in [4.69, 9.17) is 0 Å². The Morgan fingerprint density at radius 3 is 2.77 bits per heavy atom. The van der Waals surface area contributed by atoms with Gasteiger partial charge in [-0.25, -0.2) is 15.0 Å². The smallest absolute Gasteiger partial charge is 0.233 e. The van der Waals surface area contributed by atoms with Crippen molar-refractivity contribution >= 4 is 39.2 Å². The van der Waals surface area contributed by atoms with Crippen LogP contribution in [0.1, 0.15) is 5.01 Å². The molecule has 1 amide bonds. The van der Waals surface area contributed by atoms with E-state index in [0.717, 1.165) is 15.2 Å². The van der Waals surface area contributed by atoms with Crippen LogP contribution in [-0.2, 0) is 11.3 Å². The molecule has 2 heterocycles. The van der Waals surface area contributed by atoms with Gasteiger partial charge in [0.15, 0.2) is 5.16 Å². The second-order valence-corrected chi connectivity index (χ2v) is 6.70. The zero-order chi connectivity index (χ0) is 15.4. The molecule has 112 valence electrons. The number of thiazole rings is 1. The van der Waals surface area contributed by atoms with Crippen molar-refractivity contribution in [1.29, 1.82) is 0 Å². The molecule has 0 spiro atoms. The second kappa shape index (κ2) is 6.85. The van der Waals surface area contributed by atoms with Crippen LogP contribution in [0.5, 0.6) is 0 Å². The summed E-state index contributed by atoms with van der Waals surface area (Å²) in [4.78, 5) is 26.6. The van der Waals surface area contributed by atoms with Crippen molar-refractivity contribution in [2.24, 2.45) is 0 Å². The van der Waals surface area contributed by atoms with E-state index in [1.54, 1.807) is 41.7 Å². The topological polar surface area (TPSA) is 59.0 Å². The zero-order valence-electron chi connectivity index (χ0n) is 12.0. The van der Waals surface area contributed by atoms with Gasteiger partial charge in [-0.15, -0.1) is 11.3 Å². The number of aromatic nitrogens is 3. The van der Waals surface area contributed by atoms with Gasteiger partial charge in [-0.2, -0.15) is 0 Å². The fraction of sp³-hybridized carbons (Fsp3) is 0.200. The molecule has 3 rings (SSSR count). The van der Waals surface area contributed by atoms with Crippen molar-refractivity contribution < 1.29 is 4.79 Å². The number of fused-ring (bicyclic) bond motifs is 1. The summed E-state index contributed by atoms with van der Waals surface area (Å²) < 4.78 is 1.14. The predicted octanol–water partition coefficient (Wildman–Crippen LogP) is 2.84. The van der Waals surface area contributed by atoms with Crippen LogP contribution in [-0.4, -0.2) is 38.6 Å². The van der Waals surface area contributed by atoms with Gasteiger partial charge in [0, 0.05) is 19.4 Å². The van der Waals surface area contributed by atoms with Crippen molar-refractivity contribution in [2.75, 3.05) is 12.8 Å². The van der Waals surface area contributed by atoms with Gasteiger partial charge in [0.2, 0.25) is 5.91 Å². The normalized spacial score (nSPS) is 10.8. The van der Waals surface area contributed by atoms with E-state index in [1.165, 1.54) is 11.8 Å². The average molecular weight is 330 g/mol. The first-order valence-corrected chi connectivity index (χ1v) is 8.51. The van der Waals surface area contributed by atoms with Crippen LogP contribution in [0, 0.1) is 0 Å². The maximum Gasteiger partial charge on any atom is 0.233 e. The van der Waals surface area contributed by atoms with Gasteiger partial charge in [0.05, 0.1) is 22.5 Å². The van der Waals surface area contributed by atoms with E-state index in [-0.39, 0.29) is 5.91 Å². The minimum atomic E-state index is 0.0386. The van der Waals surface area contributed by atoms with Gasteiger partial charge in [-0.05, 0) is 18.2 Å². The van der Waals surface area contributed by atoms with E-state index in [9.17, 15) is 4.79 Å². The summed E-state index contributed by atoms with van der Waals surface area (Å²) in [7, 11) is 1.79. The molecule has 5 nitrogen and oxygen atoms in total. The maximum atomic E-state index is 12.2. The Hall–Kier alpha value is -1.99. The van der Waals surface area contributed by atoms with Gasteiger partial charge >= 0.3 is 0 Å². The number of thioether (sulfide) groups is 1. The molecule has 0 unspecified atom stereocenters. The van der Waals surface area contributed by atoms with Crippen LogP contribution in [0.2, 0.25) is 0 Å². The lowest BCUT2D eigenvalue weighted by Gasteiger charge is -2.14. The SMILES string of the molecule is CN(Cc1nc2ccccc2s1)C(=O)CSc1ncccn1. The van der Waals surface area contributed by atoms with Gasteiger partial charge in [0.25, 0.3) is 0 Å². The first kappa shape index (κ1) is 14.9. The number of amides is 1. The molecule has 0 N–H and O–H groups in total. The molecule has 0 aliphatic carbocycles. The highest BCUT2D eigenvalue weighted by molar-refractivity contribution is 7.99. The minimum Gasteiger partial charge on any atom is -0.338 e. The van der Waals surface area contributed by atoms with Crippen molar-refractivity contribution in [3.05, 3.63) is 47.7 Å². The Labute approximate surface area is 136 Å². The average Bonchev–Trinajstić information content (AvgIpc) is 2.95. The molecule has 2 aromatic heterocycles. The molecule has 3 aromatic rings. The highest BCUT2D eigenvalue weighted by Crippen LogP contribution is 2.22. The third-order valence-electron chi connectivity index (χ3n) is 3.00. The lowest BCUT2D eigenvalue weighted by atomic mass is 10.3. The van der Waals surface area contributed by atoms with Crippen LogP contribution in [0.15, 0.2) is 47.9 Å². The fourth-order valence-corrected chi connectivity index (χ4v) is 3.64. The van der Waals surface area contributed by atoms with Crippen LogP contribution in [0.3, 0.4) is 0 Å². The number of carbonyl (C=O) groups excluding carboxylic acids is 1. The summed E-state index contributed by atoms with van der Waals surface area (Å²) in [5.41, 5.74) is 0.982. The van der Waals surface area contributed by atoms with E-state index in [1.807, 2.05) is 24.3 Å². The molecule has 0 atom stereocenters. The Balaban J connectivity index is 1.58. The largest absolute Gasteiger partial charge is 0.338 e. The number of para-hydroxylation sites is 1. The van der Waals surface area contributed by atoms with Crippen LogP contribution in [0.25, 0.3) is 10.2 Å². The highest BCUT2D eigenvalue weighted by Gasteiger charge is 2.13. The van der Waals surface area contributed by atoms with Crippen LogP contribution in [0.4, 0.5) is 0 Å². The molecule has 0 fully saturated rings. The number of nitrogens with zero attached hydrogens (tertiary/aromatic N) is 4. The number of hydrogen-bond acceptors (Lipinski definition) is 6. The Morgan fingerprint density at radius 1 is 1.23 bits per heavy atom. The molecular weight excluding hydrogens is 316 g/mol. The summed E-state index contributed by atoms with van der Waals surface area (Å²) in [5, 5.41) is 1.56. The van der Waals surface area contributed by atoms with Crippen molar-refractivity contribution in [3.8, 4) is 0 Å². The Morgan fingerprint density at radius 2 is 2.00 bits per heavy atom. The summed E-state index contributed by atoms with van der Waals surface area (Å²) in [6.07, 6.45) is 3.34. The van der Waals surface area contributed by atoms with Crippen LogP contribution >= 0.6 is 23.1 Å². The molecule has 0 aliphatic heterocycles. The van der Waals surface area contributed by atoms with E-state index < -0.39 is 0 Å². The minimum absolute atomic E-state index is 0.0386. The van der Waals surface area contributed by atoms with Gasteiger partial charge in [-0.1, -0.05) is 23.9 Å². The summed E-state index contributed by atoms with van der Waals surface area (Å²) in [6.45, 7) is 0.522. The fourth-order valence-electron chi connectivity index (χ4n) is 1.88. The summed E-state index contributed by atoms with van der Waals surface area (Å²) in [6, 6.07) is 9.75. The lowest BCUT2D eigenvalue weighted by Crippen LogP contribution is -2.27. The van der Waals surface area contributed by atoms with Crippen molar-refractivity contribution in [3.63, 3.8) is 0 Å². The maximum absolute atomic E-state index is 12.2. The second-order valence-electron chi connectivity index (χ2n) is 4.65. The first-order valence-electron chi connectivity index (χ1n) is 6.70.